The fourth-order valence-corrected chi connectivity index (χ4v) is 4.05. The molecule has 1 amide bonds. The number of hydrogen-bond acceptors (Lipinski definition) is 4. The molecule has 1 atom stereocenters. The van der Waals surface area contributed by atoms with Gasteiger partial charge in [0.25, 0.3) is 5.91 Å². The smallest absolute Gasteiger partial charge is 0.312 e. The molecule has 0 saturated carbocycles. The molecule has 2 aliphatic heterocycles. The summed E-state index contributed by atoms with van der Waals surface area (Å²) in [7, 11) is 0. The average molecular weight is 395 g/mol. The largest absolute Gasteiger partial charge is 0.481 e. The van der Waals surface area contributed by atoms with Crippen LogP contribution < -0.4 is 0 Å². The van der Waals surface area contributed by atoms with Crippen LogP contribution in [0.1, 0.15) is 45.8 Å². The lowest BCUT2D eigenvalue weighted by Crippen LogP contribution is -2.41. The van der Waals surface area contributed by atoms with Crippen molar-refractivity contribution in [3.05, 3.63) is 70.8 Å². The fraction of sp³-hybridized carbons (Fsp3) is 0.391. The number of ether oxygens (including phenoxy) is 2. The lowest BCUT2D eigenvalue weighted by Gasteiger charge is -2.33. The van der Waals surface area contributed by atoms with E-state index in [0.29, 0.717) is 31.9 Å². The Labute approximate surface area is 170 Å². The first-order valence-electron chi connectivity index (χ1n) is 10.0. The number of carboxylic acid groups (broad SMARTS) is 1. The van der Waals surface area contributed by atoms with Crippen molar-refractivity contribution < 1.29 is 24.2 Å². The van der Waals surface area contributed by atoms with Gasteiger partial charge >= 0.3 is 5.97 Å². The molecule has 29 heavy (non-hydrogen) atoms. The van der Waals surface area contributed by atoms with Crippen LogP contribution in [0.15, 0.2) is 48.5 Å². The van der Waals surface area contributed by atoms with Crippen molar-refractivity contribution in [3.63, 3.8) is 0 Å². The maximum Gasteiger partial charge on any atom is 0.312 e. The fourth-order valence-electron chi connectivity index (χ4n) is 4.05. The third-order valence-electron chi connectivity index (χ3n) is 5.67. The minimum absolute atomic E-state index is 0.144. The highest BCUT2D eigenvalue weighted by atomic mass is 16.5. The van der Waals surface area contributed by atoms with Gasteiger partial charge in [0, 0.05) is 31.9 Å². The first kappa shape index (κ1) is 19.6. The first-order valence-corrected chi connectivity index (χ1v) is 10.0. The summed E-state index contributed by atoms with van der Waals surface area (Å²) in [5, 5.41) is 9.67. The summed E-state index contributed by atoms with van der Waals surface area (Å²) in [6, 6.07) is 14.9. The molecule has 152 valence electrons. The second-order valence-corrected chi connectivity index (χ2v) is 7.56. The molecule has 1 saturated heterocycles. The predicted octanol–water partition coefficient (Wildman–Crippen LogP) is 3.21. The van der Waals surface area contributed by atoms with Crippen LogP contribution in [0.25, 0.3) is 0 Å². The molecular formula is C23H25NO5. The van der Waals surface area contributed by atoms with E-state index in [0.717, 1.165) is 29.5 Å². The molecule has 0 aromatic heterocycles. The van der Waals surface area contributed by atoms with Gasteiger partial charge in [-0.3, -0.25) is 9.59 Å². The van der Waals surface area contributed by atoms with E-state index in [9.17, 15) is 14.7 Å². The van der Waals surface area contributed by atoms with E-state index in [2.05, 4.69) is 0 Å². The molecule has 1 N–H and O–H groups in total. The third-order valence-corrected chi connectivity index (χ3v) is 5.67. The van der Waals surface area contributed by atoms with Crippen molar-refractivity contribution in [2.45, 2.75) is 38.0 Å². The number of hydrogen-bond donors (Lipinski definition) is 1. The van der Waals surface area contributed by atoms with Crippen LogP contribution in [0.2, 0.25) is 0 Å². The van der Waals surface area contributed by atoms with E-state index in [1.807, 2.05) is 42.5 Å². The zero-order valence-electron chi connectivity index (χ0n) is 16.3. The Hall–Kier alpha value is -2.70. The Morgan fingerprint density at radius 1 is 1.07 bits per heavy atom. The van der Waals surface area contributed by atoms with E-state index >= 15 is 0 Å². The van der Waals surface area contributed by atoms with Crippen LogP contribution in [0.4, 0.5) is 0 Å². The number of aliphatic carboxylic acids is 1. The number of amides is 1. The molecule has 2 aliphatic rings. The lowest BCUT2D eigenvalue weighted by molar-refractivity contribution is -0.139. The van der Waals surface area contributed by atoms with Crippen LogP contribution in [0.3, 0.4) is 0 Å². The topological polar surface area (TPSA) is 76.1 Å². The van der Waals surface area contributed by atoms with Crippen molar-refractivity contribution in [1.82, 2.24) is 4.90 Å². The Kier molecular flexibility index (Phi) is 5.92. The molecule has 1 fully saturated rings. The normalized spacial score (nSPS) is 19.6. The number of benzene rings is 2. The molecule has 1 unspecified atom stereocenters. The lowest BCUT2D eigenvalue weighted by atomic mass is 9.89. The van der Waals surface area contributed by atoms with Gasteiger partial charge in [-0.2, -0.15) is 0 Å². The van der Waals surface area contributed by atoms with E-state index < -0.39 is 11.9 Å². The van der Waals surface area contributed by atoms with Gasteiger partial charge in [-0.15, -0.1) is 0 Å². The zero-order valence-corrected chi connectivity index (χ0v) is 16.3. The number of carbonyl (C=O) groups is 2. The van der Waals surface area contributed by atoms with Crippen molar-refractivity contribution in [3.8, 4) is 0 Å². The minimum Gasteiger partial charge on any atom is -0.481 e. The van der Waals surface area contributed by atoms with Gasteiger partial charge in [0.2, 0.25) is 0 Å². The molecule has 0 radical (unpaired) electrons. The standard InChI is InChI=1S/C23H25NO5/c25-22(24-13-16-5-1-3-7-19(16)21(14-24)23(26)27)20-8-4-2-6-17(20)15-29-18-9-11-28-12-10-18/h1-8,18,21H,9-15H2,(H,26,27). The molecule has 6 nitrogen and oxygen atoms in total. The SMILES string of the molecule is O=C(O)C1CN(C(=O)c2ccccc2COC2CCOCC2)Cc2ccccc21. The Balaban J connectivity index is 1.53. The van der Waals surface area contributed by atoms with Crippen molar-refractivity contribution >= 4 is 11.9 Å². The van der Waals surface area contributed by atoms with Gasteiger partial charge in [0.15, 0.2) is 0 Å². The van der Waals surface area contributed by atoms with E-state index in [1.165, 1.54) is 0 Å². The highest BCUT2D eigenvalue weighted by molar-refractivity contribution is 5.96. The molecule has 0 aliphatic carbocycles. The quantitative estimate of drug-likeness (QED) is 0.841. The highest BCUT2D eigenvalue weighted by Gasteiger charge is 2.33. The number of nitrogens with zero attached hydrogens (tertiary/aromatic N) is 1. The molecule has 2 aromatic rings. The van der Waals surface area contributed by atoms with E-state index in [-0.39, 0.29) is 18.6 Å². The van der Waals surface area contributed by atoms with E-state index in [4.69, 9.17) is 9.47 Å². The highest BCUT2D eigenvalue weighted by Crippen LogP contribution is 2.30. The number of carboxylic acids is 1. The van der Waals surface area contributed by atoms with Gasteiger partial charge in [0.05, 0.1) is 18.6 Å². The van der Waals surface area contributed by atoms with Crippen LogP contribution in [-0.4, -0.2) is 47.7 Å². The van der Waals surface area contributed by atoms with Gasteiger partial charge in [-0.1, -0.05) is 42.5 Å². The number of rotatable bonds is 5. The summed E-state index contributed by atoms with van der Waals surface area (Å²) >= 11 is 0. The number of fused-ring (bicyclic) bond motifs is 1. The van der Waals surface area contributed by atoms with Gasteiger partial charge in [-0.25, -0.2) is 0 Å². The number of carbonyl (C=O) groups excluding carboxylic acids is 1. The first-order chi connectivity index (χ1) is 14.1. The average Bonchev–Trinajstić information content (AvgIpc) is 2.77. The van der Waals surface area contributed by atoms with Gasteiger partial charge in [-0.05, 0) is 35.6 Å². The maximum absolute atomic E-state index is 13.3. The Bertz CT molecular complexity index is 890. The predicted molar refractivity (Wildman–Crippen MR) is 107 cm³/mol. The van der Waals surface area contributed by atoms with Gasteiger partial charge < -0.3 is 19.5 Å². The van der Waals surface area contributed by atoms with Crippen LogP contribution in [-0.2, 0) is 27.4 Å². The summed E-state index contributed by atoms with van der Waals surface area (Å²) in [6.45, 7) is 2.34. The molecule has 4 rings (SSSR count). The van der Waals surface area contributed by atoms with Gasteiger partial charge in [0.1, 0.15) is 0 Å². The summed E-state index contributed by atoms with van der Waals surface area (Å²) in [4.78, 5) is 26.7. The second kappa shape index (κ2) is 8.76. The Morgan fingerprint density at radius 3 is 2.59 bits per heavy atom. The van der Waals surface area contributed by atoms with Crippen molar-refractivity contribution in [1.29, 1.82) is 0 Å². The molecule has 0 spiro atoms. The molecule has 6 heteroatoms. The summed E-state index contributed by atoms with van der Waals surface area (Å²) < 4.78 is 11.4. The van der Waals surface area contributed by atoms with Crippen LogP contribution >= 0.6 is 0 Å². The minimum atomic E-state index is -0.911. The summed E-state index contributed by atoms with van der Waals surface area (Å²) in [5.74, 6) is -1.78. The third kappa shape index (κ3) is 4.33. The van der Waals surface area contributed by atoms with E-state index in [1.54, 1.807) is 11.0 Å². The summed E-state index contributed by atoms with van der Waals surface area (Å²) in [5.41, 5.74) is 3.08. The van der Waals surface area contributed by atoms with Crippen molar-refractivity contribution in [2.75, 3.05) is 19.8 Å². The van der Waals surface area contributed by atoms with Crippen LogP contribution in [0, 0.1) is 0 Å². The van der Waals surface area contributed by atoms with Crippen molar-refractivity contribution in [2.24, 2.45) is 0 Å². The van der Waals surface area contributed by atoms with Crippen LogP contribution in [0.5, 0.6) is 0 Å². The molecule has 2 aromatic carbocycles. The second-order valence-electron chi connectivity index (χ2n) is 7.56. The maximum atomic E-state index is 13.3. The summed E-state index contributed by atoms with van der Waals surface area (Å²) in [6.07, 6.45) is 1.86. The molecule has 2 heterocycles. The Morgan fingerprint density at radius 2 is 1.79 bits per heavy atom. The zero-order chi connectivity index (χ0) is 20.2. The molecule has 0 bridgehead atoms. The molecular weight excluding hydrogens is 370 g/mol. The monoisotopic (exact) mass is 395 g/mol.